The van der Waals surface area contributed by atoms with Gasteiger partial charge in [-0.25, -0.2) is 0 Å². The molecule has 0 atom stereocenters. The van der Waals surface area contributed by atoms with Gasteiger partial charge < -0.3 is 10.2 Å². The summed E-state index contributed by atoms with van der Waals surface area (Å²) >= 11 is 6.22. The molecule has 0 spiro atoms. The first kappa shape index (κ1) is 13.9. The summed E-state index contributed by atoms with van der Waals surface area (Å²) in [5.74, 6) is 0. The van der Waals surface area contributed by atoms with Crippen LogP contribution >= 0.6 is 11.6 Å². The van der Waals surface area contributed by atoms with Crippen molar-refractivity contribution in [3.05, 3.63) is 69.7 Å². The average molecular weight is 311 g/mol. The third-order valence-electron chi connectivity index (χ3n) is 4.53. The fourth-order valence-corrected chi connectivity index (χ4v) is 3.56. The van der Waals surface area contributed by atoms with Crippen LogP contribution in [-0.4, -0.2) is 31.1 Å². The topological polar surface area (TPSA) is 15.3 Å². The summed E-state index contributed by atoms with van der Waals surface area (Å²) in [4.78, 5) is 2.49. The van der Waals surface area contributed by atoms with Gasteiger partial charge in [-0.2, -0.15) is 0 Å². The van der Waals surface area contributed by atoms with Crippen molar-refractivity contribution in [2.45, 2.75) is 6.42 Å². The van der Waals surface area contributed by atoms with Crippen LogP contribution in [0.25, 0.3) is 11.8 Å². The average Bonchev–Trinajstić information content (AvgIpc) is 2.72. The number of fused-ring (bicyclic) bond motifs is 2. The molecule has 2 aliphatic rings. The number of hydrogen-bond donors (Lipinski definition) is 1. The predicted molar refractivity (Wildman–Crippen MR) is 93.0 cm³/mol. The first-order valence-electron chi connectivity index (χ1n) is 7.85. The van der Waals surface area contributed by atoms with E-state index in [9.17, 15) is 0 Å². The first-order valence-corrected chi connectivity index (χ1v) is 8.23. The van der Waals surface area contributed by atoms with E-state index < -0.39 is 0 Å². The van der Waals surface area contributed by atoms with Crippen molar-refractivity contribution >= 4 is 23.4 Å². The summed E-state index contributed by atoms with van der Waals surface area (Å²) in [7, 11) is 0. The van der Waals surface area contributed by atoms with Gasteiger partial charge in [-0.05, 0) is 41.3 Å². The molecule has 2 aromatic rings. The van der Waals surface area contributed by atoms with E-state index in [0.29, 0.717) is 0 Å². The SMILES string of the molecule is Clc1ccc2c(c1)C=C(N1CCNCC1)c1ccccc1C2. The smallest absolute Gasteiger partial charge is 0.0449 e. The van der Waals surface area contributed by atoms with Gasteiger partial charge in [0.15, 0.2) is 0 Å². The van der Waals surface area contributed by atoms with Crippen LogP contribution < -0.4 is 5.32 Å². The maximum absolute atomic E-state index is 6.22. The van der Waals surface area contributed by atoms with E-state index in [1.807, 2.05) is 6.07 Å². The number of halogens is 1. The van der Waals surface area contributed by atoms with Crippen LogP contribution in [-0.2, 0) is 6.42 Å². The fourth-order valence-electron chi connectivity index (χ4n) is 3.38. The number of rotatable bonds is 1. The Morgan fingerprint density at radius 1 is 0.955 bits per heavy atom. The van der Waals surface area contributed by atoms with Crippen molar-refractivity contribution in [3.63, 3.8) is 0 Å². The van der Waals surface area contributed by atoms with Crippen molar-refractivity contribution < 1.29 is 0 Å². The predicted octanol–water partition coefficient (Wildman–Crippen LogP) is 3.65. The Labute approximate surface area is 136 Å². The third kappa shape index (κ3) is 2.53. The van der Waals surface area contributed by atoms with Gasteiger partial charge in [0.2, 0.25) is 0 Å². The lowest BCUT2D eigenvalue weighted by Gasteiger charge is -2.32. The summed E-state index contributed by atoms with van der Waals surface area (Å²) in [6.07, 6.45) is 3.28. The second kappa shape index (κ2) is 5.79. The Bertz CT molecular complexity index is 730. The minimum absolute atomic E-state index is 0.806. The number of benzene rings is 2. The molecule has 22 heavy (non-hydrogen) atoms. The van der Waals surface area contributed by atoms with E-state index in [0.717, 1.165) is 37.6 Å². The summed E-state index contributed by atoms with van der Waals surface area (Å²) in [6, 6.07) is 15.0. The molecule has 0 unspecified atom stereocenters. The van der Waals surface area contributed by atoms with Gasteiger partial charge >= 0.3 is 0 Å². The van der Waals surface area contributed by atoms with Gasteiger partial charge in [-0.3, -0.25) is 0 Å². The van der Waals surface area contributed by atoms with Gasteiger partial charge in [-0.15, -0.1) is 0 Å². The van der Waals surface area contributed by atoms with E-state index in [-0.39, 0.29) is 0 Å². The summed E-state index contributed by atoms with van der Waals surface area (Å²) in [5, 5.41) is 4.24. The Morgan fingerprint density at radius 2 is 1.77 bits per heavy atom. The number of hydrogen-bond acceptors (Lipinski definition) is 2. The molecule has 4 rings (SSSR count). The van der Waals surface area contributed by atoms with Gasteiger partial charge in [0, 0.05) is 42.5 Å². The summed E-state index contributed by atoms with van der Waals surface area (Å²) in [6.45, 7) is 4.19. The van der Waals surface area contributed by atoms with Crippen LogP contribution in [0.5, 0.6) is 0 Å². The highest BCUT2D eigenvalue weighted by molar-refractivity contribution is 6.30. The highest BCUT2D eigenvalue weighted by Crippen LogP contribution is 2.33. The third-order valence-corrected chi connectivity index (χ3v) is 4.77. The molecule has 0 radical (unpaired) electrons. The zero-order valence-corrected chi connectivity index (χ0v) is 13.2. The van der Waals surface area contributed by atoms with E-state index in [1.54, 1.807) is 0 Å². The molecule has 0 saturated carbocycles. The largest absolute Gasteiger partial charge is 0.368 e. The molecule has 1 saturated heterocycles. The van der Waals surface area contributed by atoms with Crippen LogP contribution in [0, 0.1) is 0 Å². The van der Waals surface area contributed by atoms with Crippen molar-refractivity contribution in [2.24, 2.45) is 0 Å². The second-order valence-electron chi connectivity index (χ2n) is 5.94. The van der Waals surface area contributed by atoms with Crippen molar-refractivity contribution in [3.8, 4) is 0 Å². The lowest BCUT2D eigenvalue weighted by molar-refractivity contribution is 0.342. The summed E-state index contributed by atoms with van der Waals surface area (Å²) in [5.41, 5.74) is 6.68. The molecule has 2 nitrogen and oxygen atoms in total. The molecule has 1 heterocycles. The lowest BCUT2D eigenvalue weighted by atomic mass is 9.99. The molecule has 0 aromatic heterocycles. The van der Waals surface area contributed by atoms with Crippen LogP contribution in [0.3, 0.4) is 0 Å². The minimum Gasteiger partial charge on any atom is -0.368 e. The highest BCUT2D eigenvalue weighted by atomic mass is 35.5. The van der Waals surface area contributed by atoms with E-state index >= 15 is 0 Å². The van der Waals surface area contributed by atoms with E-state index in [4.69, 9.17) is 11.6 Å². The van der Waals surface area contributed by atoms with Gasteiger partial charge in [0.05, 0.1) is 0 Å². The molecule has 0 amide bonds. The monoisotopic (exact) mass is 310 g/mol. The van der Waals surface area contributed by atoms with Crippen LogP contribution in [0.1, 0.15) is 22.3 Å². The second-order valence-corrected chi connectivity index (χ2v) is 6.38. The quantitative estimate of drug-likeness (QED) is 0.865. The van der Waals surface area contributed by atoms with E-state index in [2.05, 4.69) is 52.7 Å². The zero-order valence-electron chi connectivity index (χ0n) is 12.5. The van der Waals surface area contributed by atoms with Crippen LogP contribution in [0.15, 0.2) is 42.5 Å². The Kier molecular flexibility index (Phi) is 3.65. The molecule has 112 valence electrons. The zero-order chi connectivity index (χ0) is 14.9. The summed E-state index contributed by atoms with van der Waals surface area (Å²) < 4.78 is 0. The van der Waals surface area contributed by atoms with Gasteiger partial charge in [0.1, 0.15) is 0 Å². The first-order chi connectivity index (χ1) is 10.8. The van der Waals surface area contributed by atoms with Crippen LogP contribution in [0.2, 0.25) is 5.02 Å². The van der Waals surface area contributed by atoms with Gasteiger partial charge in [-0.1, -0.05) is 41.9 Å². The Hall–Kier alpha value is -1.77. The fraction of sp³-hybridized carbons (Fsp3) is 0.263. The van der Waals surface area contributed by atoms with Crippen molar-refractivity contribution in [1.82, 2.24) is 10.2 Å². The molecule has 1 fully saturated rings. The minimum atomic E-state index is 0.806. The molecule has 1 N–H and O–H groups in total. The molecule has 1 aliphatic heterocycles. The molecular formula is C19H19ClN2. The lowest BCUT2D eigenvalue weighted by Crippen LogP contribution is -2.42. The van der Waals surface area contributed by atoms with Crippen LogP contribution in [0.4, 0.5) is 0 Å². The van der Waals surface area contributed by atoms with Crippen molar-refractivity contribution in [2.75, 3.05) is 26.2 Å². The van der Waals surface area contributed by atoms with Crippen molar-refractivity contribution in [1.29, 1.82) is 0 Å². The molecular weight excluding hydrogens is 292 g/mol. The maximum Gasteiger partial charge on any atom is 0.0449 e. The number of piperazine rings is 1. The van der Waals surface area contributed by atoms with Gasteiger partial charge in [0.25, 0.3) is 0 Å². The molecule has 1 aliphatic carbocycles. The standard InChI is InChI=1S/C19H19ClN2/c20-17-6-5-14-11-15-3-1-2-4-18(15)19(13-16(14)12-17)22-9-7-21-8-10-22/h1-6,12-13,21H,7-11H2. The maximum atomic E-state index is 6.22. The number of nitrogens with zero attached hydrogens (tertiary/aromatic N) is 1. The molecule has 0 bridgehead atoms. The molecule has 2 aromatic carbocycles. The Morgan fingerprint density at radius 3 is 2.64 bits per heavy atom. The molecule has 3 heteroatoms. The normalized spacial score (nSPS) is 17.3. The highest BCUT2D eigenvalue weighted by Gasteiger charge is 2.20. The number of nitrogens with one attached hydrogen (secondary N) is 1. The van der Waals surface area contributed by atoms with E-state index in [1.165, 1.54) is 28.0 Å². The Balaban J connectivity index is 1.88.